The maximum atomic E-state index is 12.2. The van der Waals surface area contributed by atoms with Gasteiger partial charge in [0.15, 0.2) is 6.61 Å². The van der Waals surface area contributed by atoms with Crippen molar-refractivity contribution in [1.29, 1.82) is 0 Å². The molecule has 23 heavy (non-hydrogen) atoms. The van der Waals surface area contributed by atoms with Gasteiger partial charge in [0.05, 0.1) is 10.9 Å². The topological polar surface area (TPSA) is 64.1 Å². The minimum atomic E-state index is -0.0795. The largest absolute Gasteiger partial charge is 0.467 e. The van der Waals surface area contributed by atoms with Gasteiger partial charge in [0.25, 0.3) is 5.91 Å². The normalized spacial score (nSPS) is 21.1. The maximum Gasteiger partial charge on any atom is 0.258 e. The predicted octanol–water partition coefficient (Wildman–Crippen LogP) is 3.01. The molecule has 0 bridgehead atoms. The Morgan fingerprint density at radius 2 is 2.04 bits per heavy atom. The maximum absolute atomic E-state index is 12.2. The predicted molar refractivity (Wildman–Crippen MR) is 89.3 cm³/mol. The third-order valence-electron chi connectivity index (χ3n) is 4.48. The lowest BCUT2D eigenvalue weighted by Crippen LogP contribution is -2.43. The smallest absolute Gasteiger partial charge is 0.258 e. The van der Waals surface area contributed by atoms with Crippen LogP contribution in [-0.2, 0) is 4.79 Å². The molecule has 0 aliphatic heterocycles. The van der Waals surface area contributed by atoms with Gasteiger partial charge < -0.3 is 10.1 Å². The summed E-state index contributed by atoms with van der Waals surface area (Å²) in [5.41, 5.74) is 0.830. The van der Waals surface area contributed by atoms with Crippen molar-refractivity contribution in [3.63, 3.8) is 0 Å². The zero-order chi connectivity index (χ0) is 16.2. The number of ether oxygens (including phenoxy) is 1. The van der Waals surface area contributed by atoms with Crippen molar-refractivity contribution in [3.8, 4) is 5.88 Å². The van der Waals surface area contributed by atoms with Gasteiger partial charge in [-0.05, 0) is 37.8 Å². The fourth-order valence-electron chi connectivity index (χ4n) is 3.18. The number of rotatable bonds is 4. The van der Waals surface area contributed by atoms with Crippen LogP contribution in [0.3, 0.4) is 0 Å². The lowest BCUT2D eigenvalue weighted by Gasteiger charge is -2.29. The molecule has 3 rings (SSSR count). The highest BCUT2D eigenvalue weighted by Crippen LogP contribution is 2.24. The summed E-state index contributed by atoms with van der Waals surface area (Å²) in [5, 5.41) is 3.92. The van der Waals surface area contributed by atoms with Gasteiger partial charge in [-0.2, -0.15) is 4.98 Å². The van der Waals surface area contributed by atoms with E-state index in [9.17, 15) is 4.79 Å². The van der Waals surface area contributed by atoms with Crippen molar-refractivity contribution >= 4 is 16.8 Å². The summed E-state index contributed by atoms with van der Waals surface area (Å²) in [4.78, 5) is 20.9. The van der Waals surface area contributed by atoms with Crippen LogP contribution in [0.15, 0.2) is 24.3 Å². The first kappa shape index (κ1) is 15.7. The van der Waals surface area contributed by atoms with Crippen LogP contribution in [0.4, 0.5) is 0 Å². The second-order valence-corrected chi connectivity index (χ2v) is 6.32. The van der Waals surface area contributed by atoms with Crippen LogP contribution in [0.5, 0.6) is 5.88 Å². The van der Waals surface area contributed by atoms with Gasteiger partial charge in [0, 0.05) is 6.04 Å². The zero-order valence-electron chi connectivity index (χ0n) is 13.7. The minimum absolute atomic E-state index is 0.0103. The molecule has 2 aromatic rings. The summed E-state index contributed by atoms with van der Waals surface area (Å²) in [6, 6.07) is 7.93. The van der Waals surface area contributed by atoms with Crippen LogP contribution in [0.2, 0.25) is 0 Å². The molecule has 1 saturated carbocycles. The summed E-state index contributed by atoms with van der Waals surface area (Å²) in [7, 11) is 0. The summed E-state index contributed by atoms with van der Waals surface area (Å²) in [6.07, 6.45) is 4.69. The Labute approximate surface area is 136 Å². The molecule has 0 spiro atoms. The van der Waals surface area contributed by atoms with E-state index in [1.807, 2.05) is 31.2 Å². The number of amides is 1. The quantitative estimate of drug-likeness (QED) is 0.942. The molecule has 0 unspecified atom stereocenters. The van der Waals surface area contributed by atoms with Gasteiger partial charge in [-0.15, -0.1) is 0 Å². The zero-order valence-corrected chi connectivity index (χ0v) is 13.7. The first-order valence-electron chi connectivity index (χ1n) is 8.29. The Kier molecular flexibility index (Phi) is 4.74. The number of carbonyl (C=O) groups excluding carboxylic acids is 1. The van der Waals surface area contributed by atoms with Crippen LogP contribution >= 0.6 is 0 Å². The van der Waals surface area contributed by atoms with Gasteiger partial charge in [0.2, 0.25) is 5.88 Å². The van der Waals surface area contributed by atoms with Crippen molar-refractivity contribution < 1.29 is 9.53 Å². The molecule has 0 radical (unpaired) electrons. The number of aromatic nitrogens is 2. The number of nitrogens with zero attached hydrogens (tertiary/aromatic N) is 2. The number of fused-ring (bicyclic) bond motifs is 1. The highest BCUT2D eigenvalue weighted by Gasteiger charge is 2.23. The molecule has 1 N–H and O–H groups in total. The fourth-order valence-corrected chi connectivity index (χ4v) is 3.18. The average molecular weight is 313 g/mol. The molecule has 1 aliphatic carbocycles. The molecule has 1 aromatic carbocycles. The number of para-hydroxylation sites is 1. The second kappa shape index (κ2) is 6.94. The van der Waals surface area contributed by atoms with Crippen LogP contribution in [0.1, 0.15) is 38.4 Å². The summed E-state index contributed by atoms with van der Waals surface area (Å²) < 4.78 is 5.68. The van der Waals surface area contributed by atoms with Gasteiger partial charge >= 0.3 is 0 Å². The van der Waals surface area contributed by atoms with Gasteiger partial charge in [-0.3, -0.25) is 4.79 Å². The Balaban J connectivity index is 1.65. The molecular weight excluding hydrogens is 290 g/mol. The standard InChI is InChI=1S/C18H23N3O2/c1-12-7-3-5-9-15(12)21-17(22)11-23-18-14-8-4-6-10-16(14)19-13(2)20-18/h4,6,8,10,12,15H,3,5,7,9,11H2,1-2H3,(H,21,22)/t12-,15-/m1/s1. The number of carbonyl (C=O) groups is 1. The molecule has 1 fully saturated rings. The molecule has 5 heteroatoms. The summed E-state index contributed by atoms with van der Waals surface area (Å²) >= 11 is 0. The van der Waals surface area contributed by atoms with Gasteiger partial charge in [-0.25, -0.2) is 4.98 Å². The highest BCUT2D eigenvalue weighted by atomic mass is 16.5. The number of nitrogens with one attached hydrogen (secondary N) is 1. The monoisotopic (exact) mass is 313 g/mol. The molecule has 2 atom stereocenters. The van der Waals surface area contributed by atoms with E-state index in [1.165, 1.54) is 19.3 Å². The molecule has 1 aromatic heterocycles. The van der Waals surface area contributed by atoms with E-state index in [1.54, 1.807) is 0 Å². The van der Waals surface area contributed by atoms with E-state index >= 15 is 0 Å². The molecule has 1 amide bonds. The third kappa shape index (κ3) is 3.78. The van der Waals surface area contributed by atoms with E-state index in [-0.39, 0.29) is 18.6 Å². The molecule has 122 valence electrons. The molecular formula is C18H23N3O2. The van der Waals surface area contributed by atoms with E-state index < -0.39 is 0 Å². The number of hydrogen-bond donors (Lipinski definition) is 1. The van der Waals surface area contributed by atoms with Crippen molar-refractivity contribution in [2.24, 2.45) is 5.92 Å². The lowest BCUT2D eigenvalue weighted by atomic mass is 9.86. The fraction of sp³-hybridized carbons (Fsp3) is 0.500. The number of benzene rings is 1. The molecule has 0 saturated heterocycles. The van der Waals surface area contributed by atoms with Crippen LogP contribution in [-0.4, -0.2) is 28.5 Å². The van der Waals surface area contributed by atoms with E-state index in [4.69, 9.17) is 4.74 Å². The Morgan fingerprint density at radius 3 is 2.87 bits per heavy atom. The van der Waals surface area contributed by atoms with Gasteiger partial charge in [-0.1, -0.05) is 31.9 Å². The van der Waals surface area contributed by atoms with Crippen molar-refractivity contribution in [3.05, 3.63) is 30.1 Å². The van der Waals surface area contributed by atoms with Crippen LogP contribution in [0, 0.1) is 12.8 Å². The Hall–Kier alpha value is -2.17. The summed E-state index contributed by atoms with van der Waals surface area (Å²) in [5.74, 6) is 1.57. The minimum Gasteiger partial charge on any atom is -0.467 e. The van der Waals surface area contributed by atoms with Crippen LogP contribution < -0.4 is 10.1 Å². The van der Waals surface area contributed by atoms with Crippen LogP contribution in [0.25, 0.3) is 10.9 Å². The van der Waals surface area contributed by atoms with Crippen molar-refractivity contribution in [2.45, 2.75) is 45.6 Å². The first-order chi connectivity index (χ1) is 11.1. The van der Waals surface area contributed by atoms with Gasteiger partial charge in [0.1, 0.15) is 5.82 Å². The van der Waals surface area contributed by atoms with E-state index in [2.05, 4.69) is 22.2 Å². The molecule has 1 aliphatic rings. The Bertz CT molecular complexity index is 702. The Morgan fingerprint density at radius 1 is 1.26 bits per heavy atom. The lowest BCUT2D eigenvalue weighted by molar-refractivity contribution is -0.124. The SMILES string of the molecule is Cc1nc(OCC(=O)N[C@@H]2CCCC[C@H]2C)c2ccccc2n1. The highest BCUT2D eigenvalue weighted by molar-refractivity contribution is 5.84. The molecule has 1 heterocycles. The number of hydrogen-bond acceptors (Lipinski definition) is 4. The second-order valence-electron chi connectivity index (χ2n) is 6.32. The number of aryl methyl sites for hydroxylation is 1. The van der Waals surface area contributed by atoms with E-state index in [0.717, 1.165) is 17.3 Å². The van der Waals surface area contributed by atoms with Crippen molar-refractivity contribution in [2.75, 3.05) is 6.61 Å². The first-order valence-corrected chi connectivity index (χ1v) is 8.29. The average Bonchev–Trinajstić information content (AvgIpc) is 2.54. The van der Waals surface area contributed by atoms with E-state index in [0.29, 0.717) is 17.6 Å². The molecule has 5 nitrogen and oxygen atoms in total. The summed E-state index contributed by atoms with van der Waals surface area (Å²) in [6.45, 7) is 4.01. The van der Waals surface area contributed by atoms with Crippen molar-refractivity contribution in [1.82, 2.24) is 15.3 Å². The third-order valence-corrected chi connectivity index (χ3v) is 4.48.